The van der Waals surface area contributed by atoms with Crippen LogP contribution < -0.4 is 10.1 Å². The first-order chi connectivity index (χ1) is 8.44. The summed E-state index contributed by atoms with van der Waals surface area (Å²) in [6, 6.07) is 9.86. The molecule has 0 saturated heterocycles. The number of rotatable bonds is 7. The van der Waals surface area contributed by atoms with Gasteiger partial charge in [0.1, 0.15) is 5.75 Å². The van der Waals surface area contributed by atoms with E-state index in [1.165, 1.54) is 11.6 Å². The fourth-order valence-electron chi connectivity index (χ4n) is 2.47. The Morgan fingerprint density at radius 1 is 1.17 bits per heavy atom. The molecule has 1 unspecified atom stereocenters. The van der Waals surface area contributed by atoms with Crippen molar-refractivity contribution >= 4 is 8.07 Å². The monoisotopic (exact) mass is 265 g/mol. The Labute approximate surface area is 113 Å². The van der Waals surface area contributed by atoms with Gasteiger partial charge in [-0.3, -0.25) is 0 Å². The molecule has 102 valence electrons. The van der Waals surface area contributed by atoms with Crippen LogP contribution in [0.5, 0.6) is 5.75 Å². The van der Waals surface area contributed by atoms with Crippen LogP contribution in [0.15, 0.2) is 24.3 Å². The van der Waals surface area contributed by atoms with Crippen molar-refractivity contribution in [3.8, 4) is 5.75 Å². The zero-order chi connectivity index (χ0) is 13.6. The molecule has 0 heterocycles. The Morgan fingerprint density at radius 2 is 1.78 bits per heavy atom. The van der Waals surface area contributed by atoms with Gasteiger partial charge in [0.2, 0.25) is 0 Å². The third-order valence-electron chi connectivity index (χ3n) is 3.08. The van der Waals surface area contributed by atoms with Crippen LogP contribution in [-0.2, 0) is 6.42 Å². The number of nitrogens with one attached hydrogen (secondary N) is 1. The Hall–Kier alpha value is -0.803. The molecule has 1 N–H and O–H groups in total. The van der Waals surface area contributed by atoms with Gasteiger partial charge in [-0.2, -0.15) is 0 Å². The highest BCUT2D eigenvalue weighted by molar-refractivity contribution is 6.76. The van der Waals surface area contributed by atoms with Gasteiger partial charge in [-0.15, -0.1) is 0 Å². The molecule has 18 heavy (non-hydrogen) atoms. The molecule has 3 heteroatoms. The minimum atomic E-state index is -0.994. The zero-order valence-corrected chi connectivity index (χ0v) is 13.4. The van der Waals surface area contributed by atoms with Crippen LogP contribution in [-0.4, -0.2) is 28.8 Å². The fourth-order valence-corrected chi connectivity index (χ4v) is 4.49. The van der Waals surface area contributed by atoms with Crippen molar-refractivity contribution in [3.05, 3.63) is 29.8 Å². The van der Waals surface area contributed by atoms with Crippen molar-refractivity contribution in [3.63, 3.8) is 0 Å². The Kier molecular flexibility index (Phi) is 5.89. The smallest absolute Gasteiger partial charge is 0.118 e. The highest BCUT2D eigenvalue weighted by Crippen LogP contribution is 2.21. The number of hydrogen-bond donors (Lipinski definition) is 1. The average molecular weight is 265 g/mol. The van der Waals surface area contributed by atoms with E-state index >= 15 is 0 Å². The standard InChI is InChI=1S/C15H27NOSi/c1-16-11-14(12-18(3,4)5)10-13-6-8-15(17-2)9-7-13/h6-9,14,16H,10-12H2,1-5H3. The van der Waals surface area contributed by atoms with Crippen molar-refractivity contribution in [2.45, 2.75) is 32.1 Å². The van der Waals surface area contributed by atoms with Crippen LogP contribution in [0, 0.1) is 5.92 Å². The summed E-state index contributed by atoms with van der Waals surface area (Å²) in [5, 5.41) is 3.33. The topological polar surface area (TPSA) is 21.3 Å². The highest BCUT2D eigenvalue weighted by Gasteiger charge is 2.20. The zero-order valence-electron chi connectivity index (χ0n) is 12.4. The summed E-state index contributed by atoms with van der Waals surface area (Å²) in [6.07, 6.45) is 1.16. The predicted molar refractivity (Wildman–Crippen MR) is 82.3 cm³/mol. The summed E-state index contributed by atoms with van der Waals surface area (Å²) < 4.78 is 5.20. The molecule has 0 aliphatic rings. The summed E-state index contributed by atoms with van der Waals surface area (Å²) in [5.74, 6) is 1.68. The first-order valence-corrected chi connectivity index (χ1v) is 10.4. The normalized spacial score (nSPS) is 13.4. The molecule has 0 aliphatic heterocycles. The average Bonchev–Trinajstić information content (AvgIpc) is 2.28. The molecule has 0 spiro atoms. The lowest BCUT2D eigenvalue weighted by Crippen LogP contribution is -2.30. The van der Waals surface area contributed by atoms with Crippen LogP contribution in [0.1, 0.15) is 5.56 Å². The van der Waals surface area contributed by atoms with Gasteiger partial charge >= 0.3 is 0 Å². The number of ether oxygens (including phenoxy) is 1. The molecule has 1 atom stereocenters. The molecule has 0 amide bonds. The van der Waals surface area contributed by atoms with Crippen molar-refractivity contribution < 1.29 is 4.74 Å². The summed E-state index contributed by atoms with van der Waals surface area (Å²) in [7, 11) is 2.77. The molecule has 1 aromatic rings. The maximum absolute atomic E-state index is 5.20. The van der Waals surface area contributed by atoms with E-state index in [2.05, 4.69) is 49.2 Å². The van der Waals surface area contributed by atoms with Crippen LogP contribution in [0.3, 0.4) is 0 Å². The van der Waals surface area contributed by atoms with Gasteiger partial charge in [0.25, 0.3) is 0 Å². The van der Waals surface area contributed by atoms with Gasteiger partial charge in [0, 0.05) is 8.07 Å². The van der Waals surface area contributed by atoms with Gasteiger partial charge in [-0.1, -0.05) is 37.8 Å². The summed E-state index contributed by atoms with van der Waals surface area (Å²) in [5.41, 5.74) is 1.41. The van der Waals surface area contributed by atoms with E-state index in [4.69, 9.17) is 4.74 Å². The second kappa shape index (κ2) is 6.95. The SMILES string of the molecule is CNCC(Cc1ccc(OC)cc1)C[Si](C)(C)C. The second-order valence-electron chi connectivity index (χ2n) is 6.24. The quantitative estimate of drug-likeness (QED) is 0.763. The maximum atomic E-state index is 5.20. The van der Waals surface area contributed by atoms with Gasteiger partial charge in [0.05, 0.1) is 7.11 Å². The van der Waals surface area contributed by atoms with Crippen molar-refractivity contribution in [1.82, 2.24) is 5.32 Å². The van der Waals surface area contributed by atoms with E-state index in [1.807, 2.05) is 7.05 Å². The lowest BCUT2D eigenvalue weighted by Gasteiger charge is -2.24. The Bertz CT molecular complexity index is 343. The van der Waals surface area contributed by atoms with Crippen LogP contribution in [0.25, 0.3) is 0 Å². The highest BCUT2D eigenvalue weighted by atomic mass is 28.3. The molecule has 1 rings (SSSR count). The maximum Gasteiger partial charge on any atom is 0.118 e. The molecular weight excluding hydrogens is 238 g/mol. The fraction of sp³-hybridized carbons (Fsp3) is 0.600. The predicted octanol–water partition coefficient (Wildman–Crippen LogP) is 3.41. The molecule has 0 bridgehead atoms. The van der Waals surface area contributed by atoms with Crippen LogP contribution in [0.4, 0.5) is 0 Å². The van der Waals surface area contributed by atoms with E-state index in [9.17, 15) is 0 Å². The van der Waals surface area contributed by atoms with E-state index in [0.717, 1.165) is 24.6 Å². The summed E-state index contributed by atoms with van der Waals surface area (Å²) in [6.45, 7) is 8.45. The van der Waals surface area contributed by atoms with E-state index in [-0.39, 0.29) is 0 Å². The number of methoxy groups -OCH3 is 1. The molecular formula is C15H27NOSi. The Balaban J connectivity index is 2.64. The number of hydrogen-bond acceptors (Lipinski definition) is 2. The lowest BCUT2D eigenvalue weighted by molar-refractivity contribution is 0.414. The van der Waals surface area contributed by atoms with Crippen molar-refractivity contribution in [2.24, 2.45) is 5.92 Å². The van der Waals surface area contributed by atoms with Gasteiger partial charge < -0.3 is 10.1 Å². The van der Waals surface area contributed by atoms with Gasteiger partial charge in [0.15, 0.2) is 0 Å². The first-order valence-electron chi connectivity index (χ1n) is 6.72. The molecule has 0 fully saturated rings. The Morgan fingerprint density at radius 3 is 2.22 bits per heavy atom. The van der Waals surface area contributed by atoms with E-state index < -0.39 is 8.07 Å². The minimum absolute atomic E-state index is 0.745. The first kappa shape index (κ1) is 15.3. The van der Waals surface area contributed by atoms with Crippen molar-refractivity contribution in [2.75, 3.05) is 20.7 Å². The summed E-state index contributed by atoms with van der Waals surface area (Å²) >= 11 is 0. The van der Waals surface area contributed by atoms with E-state index in [0.29, 0.717) is 0 Å². The third-order valence-corrected chi connectivity index (χ3v) is 4.88. The van der Waals surface area contributed by atoms with Crippen molar-refractivity contribution in [1.29, 1.82) is 0 Å². The summed E-state index contributed by atoms with van der Waals surface area (Å²) in [4.78, 5) is 0. The number of benzene rings is 1. The molecule has 1 aromatic carbocycles. The minimum Gasteiger partial charge on any atom is -0.497 e. The van der Waals surface area contributed by atoms with Crippen LogP contribution in [0.2, 0.25) is 25.7 Å². The lowest BCUT2D eigenvalue weighted by atomic mass is 10.0. The van der Waals surface area contributed by atoms with Gasteiger partial charge in [-0.25, -0.2) is 0 Å². The molecule has 2 nitrogen and oxygen atoms in total. The molecule has 0 radical (unpaired) electrons. The molecule has 0 saturated carbocycles. The van der Waals surface area contributed by atoms with E-state index in [1.54, 1.807) is 7.11 Å². The second-order valence-corrected chi connectivity index (χ2v) is 11.8. The van der Waals surface area contributed by atoms with Gasteiger partial charge in [-0.05, 0) is 43.6 Å². The largest absolute Gasteiger partial charge is 0.497 e. The van der Waals surface area contributed by atoms with Crippen LogP contribution >= 0.6 is 0 Å². The molecule has 0 aliphatic carbocycles. The molecule has 0 aromatic heterocycles. The third kappa shape index (κ3) is 5.69.